The molecular weight excluding hydrogens is 393 g/mol. The summed E-state index contributed by atoms with van der Waals surface area (Å²) in [6.07, 6.45) is -4.88. The number of hydrogen-bond donors (Lipinski definition) is 2. The van der Waals surface area contributed by atoms with Crippen LogP contribution in [0.5, 0.6) is 5.75 Å². The summed E-state index contributed by atoms with van der Waals surface area (Å²) >= 11 is 0. The first kappa shape index (κ1) is 20.0. The molecule has 0 aliphatic heterocycles. The van der Waals surface area contributed by atoms with Crippen LogP contribution in [0.4, 0.5) is 13.2 Å². The summed E-state index contributed by atoms with van der Waals surface area (Å²) in [5, 5.41) is 9.64. The number of alkyl halides is 3. The van der Waals surface area contributed by atoms with Crippen molar-refractivity contribution >= 4 is 11.0 Å². The van der Waals surface area contributed by atoms with Gasteiger partial charge in [0.05, 0.1) is 22.7 Å². The van der Waals surface area contributed by atoms with Crippen LogP contribution >= 0.6 is 0 Å². The molecule has 0 aliphatic rings. The van der Waals surface area contributed by atoms with Crippen LogP contribution in [0.1, 0.15) is 30.0 Å². The maximum atomic E-state index is 12.6. The van der Waals surface area contributed by atoms with Gasteiger partial charge in [-0.3, -0.25) is 0 Å². The van der Waals surface area contributed by atoms with Crippen LogP contribution < -0.4 is 4.74 Å². The number of ether oxygens (including phenoxy) is 1. The van der Waals surface area contributed by atoms with Crippen LogP contribution in [-0.4, -0.2) is 15.1 Å². The molecular formula is C23H19F3N2O2. The molecule has 0 radical (unpaired) electrons. The number of imidazole rings is 1. The van der Waals surface area contributed by atoms with E-state index in [1.54, 1.807) is 6.92 Å². The van der Waals surface area contributed by atoms with E-state index in [0.29, 0.717) is 11.6 Å². The van der Waals surface area contributed by atoms with Crippen molar-refractivity contribution in [1.29, 1.82) is 0 Å². The zero-order valence-corrected chi connectivity index (χ0v) is 16.1. The summed E-state index contributed by atoms with van der Waals surface area (Å²) in [5.41, 5.74) is 3.75. The first-order valence-electron chi connectivity index (χ1n) is 9.37. The molecule has 3 aromatic carbocycles. The maximum Gasteiger partial charge on any atom is 0.416 e. The van der Waals surface area contributed by atoms with Crippen LogP contribution in [0.3, 0.4) is 0 Å². The minimum Gasteiger partial charge on any atom is -0.486 e. The molecule has 4 aromatic rings. The quantitative estimate of drug-likeness (QED) is 0.430. The molecule has 4 nitrogen and oxygen atoms in total. The van der Waals surface area contributed by atoms with Crippen LogP contribution in [0.25, 0.3) is 22.2 Å². The van der Waals surface area contributed by atoms with Crippen LogP contribution in [0, 0.1) is 0 Å². The highest BCUT2D eigenvalue weighted by Gasteiger charge is 2.30. The molecule has 0 fully saturated rings. The van der Waals surface area contributed by atoms with Crippen molar-refractivity contribution in [1.82, 2.24) is 9.97 Å². The second kappa shape index (κ2) is 7.84. The first-order valence-corrected chi connectivity index (χ1v) is 9.37. The normalized spacial score (nSPS) is 12.8. The Balaban J connectivity index is 1.48. The van der Waals surface area contributed by atoms with Gasteiger partial charge >= 0.3 is 6.18 Å². The lowest BCUT2D eigenvalue weighted by atomic mass is 10.0. The van der Waals surface area contributed by atoms with Gasteiger partial charge in [-0.05, 0) is 60.0 Å². The fraction of sp³-hybridized carbons (Fsp3) is 0.174. The molecule has 0 saturated carbocycles. The molecule has 154 valence electrons. The van der Waals surface area contributed by atoms with E-state index in [2.05, 4.69) is 9.97 Å². The molecule has 0 spiro atoms. The second-order valence-electron chi connectivity index (χ2n) is 7.02. The highest BCUT2D eigenvalue weighted by molar-refractivity contribution is 5.82. The van der Waals surface area contributed by atoms with Gasteiger partial charge in [0.15, 0.2) is 0 Å². The maximum absolute atomic E-state index is 12.6. The molecule has 1 aromatic heterocycles. The lowest BCUT2D eigenvalue weighted by Gasteiger charge is -2.08. The number of aromatic amines is 1. The molecule has 0 aliphatic carbocycles. The van der Waals surface area contributed by atoms with Crippen molar-refractivity contribution in [3.8, 4) is 16.9 Å². The number of aromatic nitrogens is 2. The number of hydrogen-bond acceptors (Lipinski definition) is 3. The summed E-state index contributed by atoms with van der Waals surface area (Å²) in [6, 6.07) is 18.1. The number of nitrogens with one attached hydrogen (secondary N) is 1. The van der Waals surface area contributed by atoms with Crippen molar-refractivity contribution in [2.24, 2.45) is 0 Å². The smallest absolute Gasteiger partial charge is 0.416 e. The molecule has 0 bridgehead atoms. The average Bonchev–Trinajstić information content (AvgIpc) is 3.14. The Labute approximate surface area is 171 Å². The predicted molar refractivity (Wildman–Crippen MR) is 108 cm³/mol. The van der Waals surface area contributed by atoms with Gasteiger partial charge in [-0.15, -0.1) is 0 Å². The number of benzene rings is 3. The topological polar surface area (TPSA) is 58.1 Å². The molecule has 2 N–H and O–H groups in total. The number of halogens is 3. The van der Waals surface area contributed by atoms with E-state index in [0.717, 1.165) is 39.9 Å². The van der Waals surface area contributed by atoms with Gasteiger partial charge in [-0.2, -0.15) is 13.2 Å². The van der Waals surface area contributed by atoms with E-state index in [1.807, 2.05) is 42.5 Å². The minimum absolute atomic E-state index is 0.110. The largest absolute Gasteiger partial charge is 0.486 e. The van der Waals surface area contributed by atoms with E-state index in [4.69, 9.17) is 4.74 Å². The minimum atomic E-state index is -4.37. The molecule has 1 heterocycles. The van der Waals surface area contributed by atoms with E-state index in [-0.39, 0.29) is 6.61 Å². The number of fused-ring (bicyclic) bond motifs is 1. The summed E-state index contributed by atoms with van der Waals surface area (Å²) in [7, 11) is 0. The van der Waals surface area contributed by atoms with Gasteiger partial charge in [-0.1, -0.05) is 30.3 Å². The molecule has 0 saturated heterocycles. The zero-order valence-electron chi connectivity index (χ0n) is 16.1. The van der Waals surface area contributed by atoms with E-state index in [1.165, 1.54) is 12.1 Å². The lowest BCUT2D eigenvalue weighted by Crippen LogP contribution is -2.04. The Morgan fingerprint density at radius 2 is 1.63 bits per heavy atom. The summed E-state index contributed by atoms with van der Waals surface area (Å²) in [5.74, 6) is 0.911. The van der Waals surface area contributed by atoms with Crippen LogP contribution in [0.15, 0.2) is 66.7 Å². The molecule has 1 unspecified atom stereocenters. The second-order valence-corrected chi connectivity index (χ2v) is 7.02. The average molecular weight is 412 g/mol. The number of H-pyrrole nitrogens is 1. The highest BCUT2D eigenvalue weighted by atomic mass is 19.4. The fourth-order valence-corrected chi connectivity index (χ4v) is 3.16. The first-order chi connectivity index (χ1) is 14.3. The standard InChI is InChI=1S/C23H19F3N2O2/c1-14(29)15-2-4-16(5-3-15)17-6-11-20-21(12-17)28-22(27-20)13-30-19-9-7-18(8-10-19)23(24,25)26/h2-12,14,29H,13H2,1H3,(H,27,28). The van der Waals surface area contributed by atoms with E-state index < -0.39 is 17.8 Å². The summed E-state index contributed by atoms with van der Waals surface area (Å²) in [6.45, 7) is 1.83. The summed E-state index contributed by atoms with van der Waals surface area (Å²) < 4.78 is 43.5. The van der Waals surface area contributed by atoms with Gasteiger partial charge in [0, 0.05) is 0 Å². The summed E-state index contributed by atoms with van der Waals surface area (Å²) in [4.78, 5) is 7.65. The number of aliphatic hydroxyl groups excluding tert-OH is 1. The van der Waals surface area contributed by atoms with Gasteiger partial charge in [0.1, 0.15) is 18.2 Å². The predicted octanol–water partition coefficient (Wildman–Crippen LogP) is 5.88. The third kappa shape index (κ3) is 4.31. The van der Waals surface area contributed by atoms with Gasteiger partial charge < -0.3 is 14.8 Å². The third-order valence-electron chi connectivity index (χ3n) is 4.81. The van der Waals surface area contributed by atoms with Crippen molar-refractivity contribution < 1.29 is 23.0 Å². The Kier molecular flexibility index (Phi) is 5.22. The van der Waals surface area contributed by atoms with Crippen molar-refractivity contribution in [3.63, 3.8) is 0 Å². The van der Waals surface area contributed by atoms with E-state index >= 15 is 0 Å². The monoisotopic (exact) mass is 412 g/mol. The highest BCUT2D eigenvalue weighted by Crippen LogP contribution is 2.30. The van der Waals surface area contributed by atoms with Gasteiger partial charge in [-0.25, -0.2) is 4.98 Å². The SMILES string of the molecule is CC(O)c1ccc(-c2ccc3nc(COc4ccc(C(F)(F)F)cc4)[nH]c3c2)cc1. The molecule has 30 heavy (non-hydrogen) atoms. The van der Waals surface area contributed by atoms with Crippen LogP contribution in [-0.2, 0) is 12.8 Å². The number of rotatable bonds is 5. The molecule has 1 atom stereocenters. The van der Waals surface area contributed by atoms with Gasteiger partial charge in [0.2, 0.25) is 0 Å². The van der Waals surface area contributed by atoms with Crippen molar-refractivity contribution in [2.45, 2.75) is 25.8 Å². The third-order valence-corrected chi connectivity index (χ3v) is 4.81. The van der Waals surface area contributed by atoms with E-state index in [9.17, 15) is 18.3 Å². The molecule has 7 heteroatoms. The Morgan fingerprint density at radius 1 is 0.967 bits per heavy atom. The zero-order chi connectivity index (χ0) is 21.3. The molecule has 4 rings (SSSR count). The fourth-order valence-electron chi connectivity index (χ4n) is 3.16. The van der Waals surface area contributed by atoms with Crippen LogP contribution in [0.2, 0.25) is 0 Å². The van der Waals surface area contributed by atoms with Gasteiger partial charge in [0.25, 0.3) is 0 Å². The van der Waals surface area contributed by atoms with Crippen molar-refractivity contribution in [3.05, 3.63) is 83.7 Å². The molecule has 0 amide bonds. The number of aliphatic hydroxyl groups is 1. The Morgan fingerprint density at radius 3 is 2.27 bits per heavy atom. The van der Waals surface area contributed by atoms with Crippen molar-refractivity contribution in [2.75, 3.05) is 0 Å². The number of nitrogens with zero attached hydrogens (tertiary/aromatic N) is 1. The Bertz CT molecular complexity index is 1150. The Hall–Kier alpha value is -3.32. The lowest BCUT2D eigenvalue weighted by molar-refractivity contribution is -0.137.